The summed E-state index contributed by atoms with van der Waals surface area (Å²) in [4.78, 5) is 35.1. The van der Waals surface area contributed by atoms with E-state index in [1.165, 1.54) is 37.5 Å². The Morgan fingerprint density at radius 2 is 1.75 bits per heavy atom. The molecule has 0 atom stereocenters. The van der Waals surface area contributed by atoms with Crippen LogP contribution >= 0.6 is 0 Å². The zero-order chi connectivity index (χ0) is 23.7. The maximum atomic E-state index is 12.5. The summed E-state index contributed by atoms with van der Waals surface area (Å²) >= 11 is 0. The average Bonchev–Trinajstić information content (AvgIpc) is 2.75. The summed E-state index contributed by atoms with van der Waals surface area (Å²) in [5.74, 6) is -1.86. The van der Waals surface area contributed by atoms with Gasteiger partial charge in [-0.05, 0) is 42.8 Å². The third-order valence-corrected chi connectivity index (χ3v) is 3.97. The molecule has 0 bridgehead atoms. The monoisotopic (exact) mass is 449 g/mol. The van der Waals surface area contributed by atoms with Crippen LogP contribution in [0.2, 0.25) is 0 Å². The summed E-state index contributed by atoms with van der Waals surface area (Å²) in [5.41, 5.74) is 6.12. The van der Waals surface area contributed by atoms with Crippen molar-refractivity contribution in [3.05, 3.63) is 59.2 Å². The molecule has 0 aliphatic rings. The number of Topliss-reactive ketones (excluding diaryl/α,β-unsaturated/α-hetero) is 1. The number of alkyl halides is 2. The Morgan fingerprint density at radius 3 is 2.41 bits per heavy atom. The molecule has 1 amide bonds. The lowest BCUT2D eigenvalue weighted by molar-refractivity contribution is -0.136. The van der Waals surface area contributed by atoms with Crippen molar-refractivity contribution in [1.29, 1.82) is 0 Å². The van der Waals surface area contributed by atoms with Crippen molar-refractivity contribution in [2.45, 2.75) is 13.5 Å². The normalized spacial score (nSPS) is 10.8. The third kappa shape index (κ3) is 7.38. The highest BCUT2D eigenvalue weighted by Gasteiger charge is 2.17. The van der Waals surface area contributed by atoms with Crippen molar-refractivity contribution < 1.29 is 42.1 Å². The van der Waals surface area contributed by atoms with Crippen molar-refractivity contribution >= 4 is 23.7 Å². The number of hydrogen-bond acceptors (Lipinski definition) is 7. The van der Waals surface area contributed by atoms with Gasteiger partial charge < -0.3 is 24.7 Å². The molecule has 0 heterocycles. The number of halogens is 2. The Labute approximate surface area is 182 Å². The maximum absolute atomic E-state index is 12.5. The molecule has 10 heteroatoms. The van der Waals surface area contributed by atoms with Crippen molar-refractivity contribution in [2.75, 3.05) is 20.3 Å². The molecule has 0 aliphatic carbocycles. The Kier molecular flexibility index (Phi) is 8.70. The molecule has 0 fully saturated rings. The lowest BCUT2D eigenvalue weighted by Crippen LogP contribution is -2.20. The van der Waals surface area contributed by atoms with Crippen LogP contribution in [0.1, 0.15) is 21.5 Å². The van der Waals surface area contributed by atoms with E-state index in [2.05, 4.69) is 4.74 Å². The number of ketones is 1. The topological polar surface area (TPSA) is 114 Å². The minimum Gasteiger partial charge on any atom is -0.493 e. The van der Waals surface area contributed by atoms with Gasteiger partial charge in [-0.2, -0.15) is 8.78 Å². The van der Waals surface area contributed by atoms with Gasteiger partial charge in [0.1, 0.15) is 5.75 Å². The number of carbonyl (C=O) groups is 3. The number of ether oxygens (including phenoxy) is 4. The number of methoxy groups -OCH3 is 1. The van der Waals surface area contributed by atoms with Gasteiger partial charge in [0.25, 0.3) is 5.91 Å². The van der Waals surface area contributed by atoms with Gasteiger partial charge in [0.2, 0.25) is 5.78 Å². The molecule has 2 rings (SSSR count). The van der Waals surface area contributed by atoms with Gasteiger partial charge in [0.05, 0.1) is 12.7 Å². The Morgan fingerprint density at radius 1 is 1.03 bits per heavy atom. The first kappa shape index (κ1) is 24.3. The van der Waals surface area contributed by atoms with Crippen LogP contribution in [0.3, 0.4) is 0 Å². The summed E-state index contributed by atoms with van der Waals surface area (Å²) in [7, 11) is 1.40. The van der Waals surface area contributed by atoms with Crippen LogP contribution in [-0.4, -0.2) is 44.6 Å². The number of benzene rings is 2. The van der Waals surface area contributed by atoms with Gasteiger partial charge in [-0.25, -0.2) is 4.79 Å². The summed E-state index contributed by atoms with van der Waals surface area (Å²) < 4.78 is 44.7. The number of aryl methyl sites for hydroxylation is 1. The first-order chi connectivity index (χ1) is 15.2. The maximum Gasteiger partial charge on any atom is 0.387 e. The summed E-state index contributed by atoms with van der Waals surface area (Å²) in [5, 5.41) is 0. The van der Waals surface area contributed by atoms with E-state index in [0.29, 0.717) is 16.9 Å². The molecular formula is C22H21F2NO7. The van der Waals surface area contributed by atoms with E-state index >= 15 is 0 Å². The molecular weight excluding hydrogens is 428 g/mol. The molecule has 0 saturated carbocycles. The van der Waals surface area contributed by atoms with Crippen molar-refractivity contribution in [3.63, 3.8) is 0 Å². The van der Waals surface area contributed by atoms with Crippen LogP contribution in [0.4, 0.5) is 8.78 Å². The number of carbonyl (C=O) groups excluding carboxylic acids is 3. The quantitative estimate of drug-likeness (QED) is 0.319. The number of esters is 1. The SMILES string of the molecule is COc1cc(/C=C/C(=O)OCC(=O)c2cc(C)ccc2OC(F)F)ccc1OCC(N)=O. The number of rotatable bonds is 11. The molecule has 2 aromatic carbocycles. The minimum atomic E-state index is -3.10. The highest BCUT2D eigenvalue weighted by Crippen LogP contribution is 2.28. The van der Waals surface area contributed by atoms with E-state index in [9.17, 15) is 23.2 Å². The molecule has 32 heavy (non-hydrogen) atoms. The van der Waals surface area contributed by atoms with Crippen molar-refractivity contribution in [1.82, 2.24) is 0 Å². The Hall–Kier alpha value is -3.95. The molecule has 2 N–H and O–H groups in total. The van der Waals surface area contributed by atoms with Crippen LogP contribution in [0, 0.1) is 6.92 Å². The molecule has 0 aromatic heterocycles. The smallest absolute Gasteiger partial charge is 0.387 e. The molecule has 0 radical (unpaired) electrons. The van der Waals surface area contributed by atoms with Crippen LogP contribution < -0.4 is 19.9 Å². The fourth-order valence-corrected chi connectivity index (χ4v) is 2.54. The molecule has 0 spiro atoms. The number of hydrogen-bond donors (Lipinski definition) is 1. The summed E-state index contributed by atoms with van der Waals surface area (Å²) in [6.45, 7) is -2.40. The fraction of sp³-hybridized carbons (Fsp3) is 0.227. The second-order valence-corrected chi connectivity index (χ2v) is 6.41. The molecule has 0 saturated heterocycles. The van der Waals surface area contributed by atoms with E-state index in [1.54, 1.807) is 19.1 Å². The van der Waals surface area contributed by atoms with Gasteiger partial charge in [-0.1, -0.05) is 17.7 Å². The predicted molar refractivity (Wildman–Crippen MR) is 110 cm³/mol. The fourth-order valence-electron chi connectivity index (χ4n) is 2.54. The molecule has 170 valence electrons. The second kappa shape index (κ2) is 11.4. The first-order valence-corrected chi connectivity index (χ1v) is 9.22. The van der Waals surface area contributed by atoms with Crippen LogP contribution in [0.25, 0.3) is 6.08 Å². The average molecular weight is 449 g/mol. The van der Waals surface area contributed by atoms with Gasteiger partial charge in [0, 0.05) is 6.08 Å². The Bertz CT molecular complexity index is 1020. The molecule has 8 nitrogen and oxygen atoms in total. The molecule has 2 aromatic rings. The van der Waals surface area contributed by atoms with Crippen molar-refractivity contribution in [2.24, 2.45) is 5.73 Å². The van der Waals surface area contributed by atoms with Gasteiger partial charge in [-0.3, -0.25) is 9.59 Å². The molecule has 0 unspecified atom stereocenters. The lowest BCUT2D eigenvalue weighted by atomic mass is 10.1. The van der Waals surface area contributed by atoms with E-state index in [-0.39, 0.29) is 23.7 Å². The zero-order valence-electron chi connectivity index (χ0n) is 17.3. The third-order valence-electron chi connectivity index (χ3n) is 3.97. The largest absolute Gasteiger partial charge is 0.493 e. The minimum absolute atomic E-state index is 0.113. The number of amides is 1. The van der Waals surface area contributed by atoms with Gasteiger partial charge in [0.15, 0.2) is 24.7 Å². The zero-order valence-corrected chi connectivity index (χ0v) is 17.3. The summed E-state index contributed by atoms with van der Waals surface area (Å²) in [6, 6.07) is 8.80. The predicted octanol–water partition coefficient (Wildman–Crippen LogP) is 2.91. The lowest BCUT2D eigenvalue weighted by Gasteiger charge is -2.11. The number of primary amides is 1. The van der Waals surface area contributed by atoms with Gasteiger partial charge in [-0.15, -0.1) is 0 Å². The second-order valence-electron chi connectivity index (χ2n) is 6.41. The summed E-state index contributed by atoms with van der Waals surface area (Å²) in [6.07, 6.45) is 2.49. The first-order valence-electron chi connectivity index (χ1n) is 9.22. The van der Waals surface area contributed by atoms with E-state index in [0.717, 1.165) is 6.08 Å². The van der Waals surface area contributed by atoms with Crippen LogP contribution in [0.5, 0.6) is 17.2 Å². The molecule has 0 aliphatic heterocycles. The number of nitrogens with two attached hydrogens (primary N) is 1. The Balaban J connectivity index is 2.00. The highest BCUT2D eigenvalue weighted by atomic mass is 19.3. The van der Waals surface area contributed by atoms with Crippen LogP contribution in [0.15, 0.2) is 42.5 Å². The van der Waals surface area contributed by atoms with E-state index in [1.807, 2.05) is 0 Å². The van der Waals surface area contributed by atoms with E-state index in [4.69, 9.17) is 19.9 Å². The highest BCUT2D eigenvalue weighted by molar-refractivity contribution is 6.01. The standard InChI is InChI=1S/C22H21F2NO7/c1-13-3-6-17(32-22(23)24)15(9-13)16(26)11-31-21(28)8-5-14-4-7-18(19(10-14)29-2)30-12-20(25)27/h3-10,22H,11-12H2,1-2H3,(H2,25,27)/b8-5+. The van der Waals surface area contributed by atoms with E-state index < -0.39 is 30.9 Å². The van der Waals surface area contributed by atoms with Gasteiger partial charge >= 0.3 is 12.6 Å². The van der Waals surface area contributed by atoms with Crippen LogP contribution in [-0.2, 0) is 14.3 Å². The van der Waals surface area contributed by atoms with Crippen molar-refractivity contribution in [3.8, 4) is 17.2 Å².